The van der Waals surface area contributed by atoms with Crippen molar-refractivity contribution >= 4 is 21.8 Å². The van der Waals surface area contributed by atoms with Crippen LogP contribution in [0.1, 0.15) is 22.3 Å². The summed E-state index contributed by atoms with van der Waals surface area (Å²) < 4.78 is 2.46. The van der Waals surface area contributed by atoms with Crippen LogP contribution in [0.4, 0.5) is 0 Å². The fraction of sp³-hybridized carbons (Fsp3) is 0.0172. The zero-order valence-corrected chi connectivity index (χ0v) is 33.6. The van der Waals surface area contributed by atoms with Crippen LogP contribution >= 0.6 is 0 Å². The van der Waals surface area contributed by atoms with Crippen LogP contribution < -0.4 is 0 Å². The standard InChI is InChI=1S/C58H36N4/c1-4-18-37(19-5-1)40-32-41(57-60-55(38-20-6-2-7-21-38)59-56(61-57)39-22-8-3-9-23-39)34-42(33-40)62-53-31-17-13-27-46(53)48-35-47-45-26-12-16-30-51(45)58(52(47)36-54(48)62)49-28-14-10-24-43(49)44-25-11-15-29-50(44)58/h1-36H. The van der Waals surface area contributed by atoms with E-state index in [1.807, 2.05) is 36.4 Å². The highest BCUT2D eigenvalue weighted by molar-refractivity contribution is 6.12. The molecule has 288 valence electrons. The Labute approximate surface area is 359 Å². The lowest BCUT2D eigenvalue weighted by Gasteiger charge is -2.30. The molecular formula is C58H36N4. The summed E-state index contributed by atoms with van der Waals surface area (Å²) in [5, 5.41) is 2.43. The third-order valence-electron chi connectivity index (χ3n) is 13.0. The fourth-order valence-corrected chi connectivity index (χ4v) is 10.4. The van der Waals surface area contributed by atoms with Crippen molar-refractivity contribution in [1.29, 1.82) is 0 Å². The van der Waals surface area contributed by atoms with Gasteiger partial charge in [-0.05, 0) is 92.0 Å². The zero-order chi connectivity index (χ0) is 40.8. The van der Waals surface area contributed by atoms with Gasteiger partial charge in [0.05, 0.1) is 16.4 Å². The number of para-hydroxylation sites is 1. The van der Waals surface area contributed by atoms with Crippen molar-refractivity contribution in [2.24, 2.45) is 0 Å². The van der Waals surface area contributed by atoms with Crippen LogP contribution in [0.25, 0.3) is 95.0 Å². The van der Waals surface area contributed by atoms with Gasteiger partial charge in [0.25, 0.3) is 0 Å². The number of rotatable bonds is 5. The van der Waals surface area contributed by atoms with Crippen LogP contribution in [0.5, 0.6) is 0 Å². The van der Waals surface area contributed by atoms with Gasteiger partial charge in [-0.3, -0.25) is 0 Å². The maximum absolute atomic E-state index is 5.21. The maximum Gasteiger partial charge on any atom is 0.164 e. The molecule has 62 heavy (non-hydrogen) atoms. The van der Waals surface area contributed by atoms with Gasteiger partial charge in [-0.2, -0.15) is 0 Å². The summed E-state index contributed by atoms with van der Waals surface area (Å²) in [5.41, 5.74) is 18.3. The van der Waals surface area contributed by atoms with E-state index in [0.29, 0.717) is 17.5 Å². The smallest absolute Gasteiger partial charge is 0.164 e. The second-order valence-electron chi connectivity index (χ2n) is 16.3. The first kappa shape index (κ1) is 34.6. The molecule has 2 aromatic heterocycles. The molecule has 4 nitrogen and oxygen atoms in total. The Morgan fingerprint density at radius 1 is 0.290 bits per heavy atom. The van der Waals surface area contributed by atoms with Crippen LogP contribution in [0.3, 0.4) is 0 Å². The third-order valence-corrected chi connectivity index (χ3v) is 13.0. The van der Waals surface area contributed by atoms with Crippen LogP contribution in [0.15, 0.2) is 218 Å². The van der Waals surface area contributed by atoms with Gasteiger partial charge in [0.1, 0.15) is 0 Å². The molecule has 0 radical (unpaired) electrons. The Balaban J connectivity index is 1.11. The summed E-state index contributed by atoms with van der Waals surface area (Å²) in [5.74, 6) is 1.89. The first-order valence-corrected chi connectivity index (χ1v) is 21.2. The monoisotopic (exact) mass is 788 g/mol. The van der Waals surface area contributed by atoms with Crippen LogP contribution in [-0.2, 0) is 5.41 Å². The highest BCUT2D eigenvalue weighted by Gasteiger charge is 2.51. The summed E-state index contributed by atoms with van der Waals surface area (Å²) in [4.78, 5) is 15.4. The van der Waals surface area contributed by atoms with Gasteiger partial charge in [-0.25, -0.2) is 15.0 Å². The maximum atomic E-state index is 5.21. The van der Waals surface area contributed by atoms with E-state index in [0.717, 1.165) is 44.5 Å². The minimum absolute atomic E-state index is 0.460. The van der Waals surface area contributed by atoms with Gasteiger partial charge in [0.2, 0.25) is 0 Å². The number of hydrogen-bond acceptors (Lipinski definition) is 3. The van der Waals surface area contributed by atoms with Crippen molar-refractivity contribution in [3.8, 4) is 73.2 Å². The average molecular weight is 789 g/mol. The molecule has 9 aromatic carbocycles. The summed E-state index contributed by atoms with van der Waals surface area (Å²) in [6.07, 6.45) is 0. The summed E-state index contributed by atoms with van der Waals surface area (Å²) >= 11 is 0. The second-order valence-corrected chi connectivity index (χ2v) is 16.3. The highest BCUT2D eigenvalue weighted by Crippen LogP contribution is 2.63. The predicted octanol–water partition coefficient (Wildman–Crippen LogP) is 14.0. The SMILES string of the molecule is c1ccc(-c2cc(-c3nc(-c4ccccc4)nc(-c4ccccc4)n3)cc(-n3c4ccccc4c4cc5c(cc43)C3(c4ccccc4-c4ccccc43)c3ccccc3-5)c2)cc1. The van der Waals surface area contributed by atoms with Gasteiger partial charge in [-0.15, -0.1) is 0 Å². The van der Waals surface area contributed by atoms with E-state index in [9.17, 15) is 0 Å². The molecule has 1 spiro atoms. The van der Waals surface area contributed by atoms with E-state index in [1.54, 1.807) is 0 Å². The summed E-state index contributed by atoms with van der Waals surface area (Å²) in [6.45, 7) is 0. The Kier molecular flexibility index (Phi) is 7.49. The normalized spacial score (nSPS) is 13.0. The van der Waals surface area contributed by atoms with Crippen molar-refractivity contribution < 1.29 is 0 Å². The van der Waals surface area contributed by atoms with E-state index in [-0.39, 0.29) is 0 Å². The van der Waals surface area contributed by atoms with Gasteiger partial charge >= 0.3 is 0 Å². The zero-order valence-electron chi connectivity index (χ0n) is 33.6. The Hall–Kier alpha value is -8.21. The molecule has 0 N–H and O–H groups in total. The number of benzene rings is 9. The summed E-state index contributed by atoms with van der Waals surface area (Å²) in [7, 11) is 0. The van der Waals surface area contributed by atoms with E-state index in [4.69, 9.17) is 15.0 Å². The van der Waals surface area contributed by atoms with Crippen LogP contribution in [-0.4, -0.2) is 19.5 Å². The molecular weight excluding hydrogens is 753 g/mol. The van der Waals surface area contributed by atoms with Gasteiger partial charge in [0, 0.05) is 33.2 Å². The highest BCUT2D eigenvalue weighted by atomic mass is 15.0. The molecule has 0 amide bonds. The Bertz CT molecular complexity index is 3470. The predicted molar refractivity (Wildman–Crippen MR) is 252 cm³/mol. The topological polar surface area (TPSA) is 43.6 Å². The van der Waals surface area contributed by atoms with Gasteiger partial charge in [0.15, 0.2) is 17.5 Å². The minimum Gasteiger partial charge on any atom is -0.309 e. The first-order valence-electron chi connectivity index (χ1n) is 21.2. The van der Waals surface area contributed by atoms with E-state index < -0.39 is 5.41 Å². The van der Waals surface area contributed by atoms with Crippen molar-refractivity contribution in [3.05, 3.63) is 241 Å². The fourth-order valence-electron chi connectivity index (χ4n) is 10.4. The molecule has 0 atom stereocenters. The number of hydrogen-bond donors (Lipinski definition) is 0. The van der Waals surface area contributed by atoms with Crippen molar-refractivity contribution in [2.45, 2.75) is 5.41 Å². The molecule has 0 saturated carbocycles. The lowest BCUT2D eigenvalue weighted by atomic mass is 9.70. The molecule has 13 rings (SSSR count). The molecule has 0 unspecified atom stereocenters. The van der Waals surface area contributed by atoms with E-state index in [2.05, 4.69) is 187 Å². The molecule has 2 aliphatic carbocycles. The molecule has 0 saturated heterocycles. The number of aromatic nitrogens is 4. The first-order chi connectivity index (χ1) is 30.7. The average Bonchev–Trinajstić information content (AvgIpc) is 3.95. The lowest BCUT2D eigenvalue weighted by molar-refractivity contribution is 0.794. The largest absolute Gasteiger partial charge is 0.309 e. The van der Waals surface area contributed by atoms with E-state index in [1.165, 1.54) is 55.3 Å². The molecule has 2 heterocycles. The molecule has 0 aliphatic heterocycles. The Morgan fingerprint density at radius 3 is 1.32 bits per heavy atom. The summed E-state index contributed by atoms with van der Waals surface area (Å²) in [6, 6.07) is 78.7. The Morgan fingerprint density at radius 2 is 0.742 bits per heavy atom. The molecule has 0 bridgehead atoms. The second kappa shape index (κ2) is 13.4. The quantitative estimate of drug-likeness (QED) is 0.174. The van der Waals surface area contributed by atoms with Crippen molar-refractivity contribution in [1.82, 2.24) is 19.5 Å². The van der Waals surface area contributed by atoms with Crippen LogP contribution in [0.2, 0.25) is 0 Å². The molecule has 2 aliphatic rings. The molecule has 0 fully saturated rings. The minimum atomic E-state index is -0.460. The third kappa shape index (κ3) is 4.98. The lowest BCUT2D eigenvalue weighted by Crippen LogP contribution is -2.25. The van der Waals surface area contributed by atoms with Crippen molar-refractivity contribution in [2.75, 3.05) is 0 Å². The van der Waals surface area contributed by atoms with Gasteiger partial charge in [-0.1, -0.05) is 182 Å². The number of fused-ring (bicyclic) bond motifs is 13. The molecule has 11 aromatic rings. The molecule has 4 heteroatoms. The van der Waals surface area contributed by atoms with E-state index >= 15 is 0 Å². The number of nitrogens with zero attached hydrogens (tertiary/aromatic N) is 4. The van der Waals surface area contributed by atoms with Crippen LogP contribution in [0, 0.1) is 0 Å². The van der Waals surface area contributed by atoms with Crippen molar-refractivity contribution in [3.63, 3.8) is 0 Å². The van der Waals surface area contributed by atoms with Gasteiger partial charge < -0.3 is 4.57 Å².